The molecule has 0 bridgehead atoms. The molecule has 1 aliphatic heterocycles. The van der Waals surface area contributed by atoms with Gasteiger partial charge in [-0.1, -0.05) is 18.2 Å². The van der Waals surface area contributed by atoms with E-state index in [1.54, 1.807) is 27.5 Å². The maximum atomic E-state index is 9.08. The number of hydrogen-bond donors (Lipinski definition) is 2. The van der Waals surface area contributed by atoms with Gasteiger partial charge < -0.3 is 24.1 Å². The SMILES string of the molecule is COc1ccc2c(c1)C[C@@H](c1cccnc1OC)N[C@H]2c1ccc(OCCO)c(OC)c1. The Hall–Kier alpha value is -3.29. The third-order valence-electron chi connectivity index (χ3n) is 5.69. The zero-order valence-corrected chi connectivity index (χ0v) is 18.5. The number of aliphatic hydroxyl groups is 1. The van der Waals surface area contributed by atoms with E-state index in [2.05, 4.69) is 22.4 Å². The van der Waals surface area contributed by atoms with Gasteiger partial charge >= 0.3 is 0 Å². The summed E-state index contributed by atoms with van der Waals surface area (Å²) in [5.41, 5.74) is 4.42. The summed E-state index contributed by atoms with van der Waals surface area (Å²) in [7, 11) is 4.93. The molecule has 0 aliphatic carbocycles. The van der Waals surface area contributed by atoms with E-state index in [4.69, 9.17) is 24.1 Å². The van der Waals surface area contributed by atoms with Crippen molar-refractivity contribution in [2.75, 3.05) is 34.5 Å². The first-order valence-electron chi connectivity index (χ1n) is 10.5. The quantitative estimate of drug-likeness (QED) is 0.560. The third-order valence-corrected chi connectivity index (χ3v) is 5.69. The molecule has 0 unspecified atom stereocenters. The second-order valence-corrected chi connectivity index (χ2v) is 7.51. The maximum Gasteiger partial charge on any atom is 0.217 e. The maximum absolute atomic E-state index is 9.08. The van der Waals surface area contributed by atoms with Crippen molar-refractivity contribution in [3.8, 4) is 23.1 Å². The van der Waals surface area contributed by atoms with Crippen molar-refractivity contribution >= 4 is 0 Å². The van der Waals surface area contributed by atoms with Gasteiger partial charge in [-0.2, -0.15) is 0 Å². The Balaban J connectivity index is 1.77. The predicted molar refractivity (Wildman–Crippen MR) is 121 cm³/mol. The second-order valence-electron chi connectivity index (χ2n) is 7.51. The summed E-state index contributed by atoms with van der Waals surface area (Å²) in [6, 6.07) is 15.9. The first-order valence-corrected chi connectivity index (χ1v) is 10.5. The normalized spacial score (nSPS) is 17.4. The highest BCUT2D eigenvalue weighted by molar-refractivity contribution is 5.50. The molecule has 2 N–H and O–H groups in total. The van der Waals surface area contributed by atoms with Crippen LogP contribution in [0.25, 0.3) is 0 Å². The van der Waals surface area contributed by atoms with Crippen molar-refractivity contribution < 1.29 is 24.1 Å². The Morgan fingerprint density at radius 2 is 1.84 bits per heavy atom. The fourth-order valence-corrected chi connectivity index (χ4v) is 4.19. The van der Waals surface area contributed by atoms with E-state index in [-0.39, 0.29) is 25.3 Å². The molecular formula is C25H28N2O5. The zero-order valence-electron chi connectivity index (χ0n) is 18.5. The van der Waals surface area contributed by atoms with E-state index >= 15 is 0 Å². The van der Waals surface area contributed by atoms with Gasteiger partial charge in [0.1, 0.15) is 12.4 Å². The summed E-state index contributed by atoms with van der Waals surface area (Å²) < 4.78 is 22.2. The molecule has 0 saturated heterocycles. The van der Waals surface area contributed by atoms with Gasteiger partial charge in [-0.05, 0) is 53.4 Å². The number of aliphatic hydroxyl groups excluding tert-OH is 1. The highest BCUT2D eigenvalue weighted by Crippen LogP contribution is 2.41. The average molecular weight is 437 g/mol. The molecule has 1 aromatic heterocycles. The Labute approximate surface area is 187 Å². The molecule has 1 aliphatic rings. The summed E-state index contributed by atoms with van der Waals surface area (Å²) >= 11 is 0. The number of methoxy groups -OCH3 is 3. The van der Waals surface area contributed by atoms with Gasteiger partial charge in [-0.25, -0.2) is 4.98 Å². The van der Waals surface area contributed by atoms with Gasteiger partial charge in [0, 0.05) is 17.8 Å². The molecule has 0 radical (unpaired) electrons. The van der Waals surface area contributed by atoms with E-state index in [0.29, 0.717) is 17.4 Å². The van der Waals surface area contributed by atoms with Crippen molar-refractivity contribution in [1.82, 2.24) is 10.3 Å². The number of nitrogens with zero attached hydrogens (tertiary/aromatic N) is 1. The topological polar surface area (TPSA) is 82.1 Å². The predicted octanol–water partition coefficient (Wildman–Crippen LogP) is 3.45. The van der Waals surface area contributed by atoms with Crippen LogP contribution in [0, 0.1) is 0 Å². The summed E-state index contributed by atoms with van der Waals surface area (Å²) in [4.78, 5) is 4.38. The highest BCUT2D eigenvalue weighted by Gasteiger charge is 2.31. The number of pyridine rings is 1. The first kappa shape index (κ1) is 21.9. The molecule has 0 fully saturated rings. The molecule has 168 valence electrons. The number of fused-ring (bicyclic) bond motifs is 1. The van der Waals surface area contributed by atoms with Crippen LogP contribution in [0.5, 0.6) is 23.1 Å². The fraction of sp³-hybridized carbons (Fsp3) is 0.320. The summed E-state index contributed by atoms with van der Waals surface area (Å²) in [6.45, 7) is 0.155. The largest absolute Gasteiger partial charge is 0.497 e. The number of hydrogen-bond acceptors (Lipinski definition) is 7. The molecule has 0 amide bonds. The lowest BCUT2D eigenvalue weighted by atomic mass is 9.84. The smallest absolute Gasteiger partial charge is 0.217 e. The lowest BCUT2D eigenvalue weighted by Gasteiger charge is -2.34. The number of benzene rings is 2. The summed E-state index contributed by atoms with van der Waals surface area (Å²) in [5, 5.41) is 12.9. The summed E-state index contributed by atoms with van der Waals surface area (Å²) in [5.74, 6) is 2.66. The van der Waals surface area contributed by atoms with Crippen LogP contribution in [0.15, 0.2) is 54.7 Å². The van der Waals surface area contributed by atoms with Gasteiger partial charge in [0.15, 0.2) is 11.5 Å². The molecule has 0 saturated carbocycles. The van der Waals surface area contributed by atoms with Crippen molar-refractivity contribution in [2.24, 2.45) is 0 Å². The van der Waals surface area contributed by atoms with Crippen molar-refractivity contribution in [3.63, 3.8) is 0 Å². The first-order chi connectivity index (χ1) is 15.7. The lowest BCUT2D eigenvalue weighted by molar-refractivity contribution is 0.196. The van der Waals surface area contributed by atoms with Crippen LogP contribution in [-0.4, -0.2) is 44.6 Å². The molecule has 2 atom stereocenters. The minimum atomic E-state index is -0.0830. The van der Waals surface area contributed by atoms with Crippen LogP contribution in [0.1, 0.15) is 34.3 Å². The molecule has 3 aromatic rings. The van der Waals surface area contributed by atoms with E-state index in [1.807, 2.05) is 36.4 Å². The third kappa shape index (κ3) is 4.35. The van der Waals surface area contributed by atoms with Crippen LogP contribution < -0.4 is 24.3 Å². The number of rotatable bonds is 8. The monoisotopic (exact) mass is 436 g/mol. The second kappa shape index (κ2) is 9.89. The molecule has 4 rings (SSSR count). The van der Waals surface area contributed by atoms with E-state index in [0.717, 1.165) is 23.3 Å². The Morgan fingerprint density at radius 3 is 2.59 bits per heavy atom. The standard InChI is InChI=1S/C25H28N2O5/c1-29-18-7-8-19-17(13-18)14-21(20-5-4-10-26-25(20)31-3)27-24(19)16-6-9-22(32-12-11-28)23(15-16)30-2/h4-10,13,15,21,24,27-28H,11-12,14H2,1-3H3/t21-,24-/m0/s1. The van der Waals surface area contributed by atoms with Crippen LogP contribution in [0.3, 0.4) is 0 Å². The van der Waals surface area contributed by atoms with E-state index in [9.17, 15) is 0 Å². The molecule has 32 heavy (non-hydrogen) atoms. The van der Waals surface area contributed by atoms with Crippen LogP contribution in [0.2, 0.25) is 0 Å². The molecule has 2 aromatic carbocycles. The van der Waals surface area contributed by atoms with Crippen molar-refractivity contribution in [2.45, 2.75) is 18.5 Å². The average Bonchev–Trinajstić information content (AvgIpc) is 2.86. The number of nitrogens with one attached hydrogen (secondary N) is 1. The molecule has 0 spiro atoms. The van der Waals surface area contributed by atoms with Gasteiger partial charge in [0.2, 0.25) is 5.88 Å². The zero-order chi connectivity index (χ0) is 22.5. The van der Waals surface area contributed by atoms with Crippen LogP contribution in [0.4, 0.5) is 0 Å². The molecular weight excluding hydrogens is 408 g/mol. The van der Waals surface area contributed by atoms with Crippen LogP contribution >= 0.6 is 0 Å². The van der Waals surface area contributed by atoms with Crippen molar-refractivity contribution in [3.05, 3.63) is 77.0 Å². The summed E-state index contributed by atoms with van der Waals surface area (Å²) in [6.07, 6.45) is 2.51. The van der Waals surface area contributed by atoms with Gasteiger partial charge in [0.25, 0.3) is 0 Å². The van der Waals surface area contributed by atoms with Gasteiger partial charge in [-0.15, -0.1) is 0 Å². The van der Waals surface area contributed by atoms with E-state index < -0.39 is 0 Å². The molecule has 2 heterocycles. The van der Waals surface area contributed by atoms with Crippen molar-refractivity contribution in [1.29, 1.82) is 0 Å². The number of aromatic nitrogens is 1. The van der Waals surface area contributed by atoms with Crippen LogP contribution in [-0.2, 0) is 6.42 Å². The molecule has 7 nitrogen and oxygen atoms in total. The highest BCUT2D eigenvalue weighted by atomic mass is 16.5. The molecule has 7 heteroatoms. The Bertz CT molecular complexity index is 1070. The van der Waals surface area contributed by atoms with Gasteiger partial charge in [-0.3, -0.25) is 5.32 Å². The lowest BCUT2D eigenvalue weighted by Crippen LogP contribution is -2.34. The Morgan fingerprint density at radius 1 is 0.969 bits per heavy atom. The van der Waals surface area contributed by atoms with E-state index in [1.165, 1.54) is 11.1 Å². The fourth-order valence-electron chi connectivity index (χ4n) is 4.19. The minimum Gasteiger partial charge on any atom is -0.497 e. The number of ether oxygens (including phenoxy) is 4. The van der Waals surface area contributed by atoms with Gasteiger partial charge in [0.05, 0.1) is 34.0 Å². The Kier molecular flexibility index (Phi) is 6.78. The minimum absolute atomic E-state index is 0.000401.